The first-order valence-electron chi connectivity index (χ1n) is 8.35. The molecule has 0 bridgehead atoms. The second-order valence-electron chi connectivity index (χ2n) is 6.50. The number of aromatic hydroxyl groups is 2. The molecule has 0 aromatic heterocycles. The molecule has 3 rings (SSSR count). The van der Waals surface area contributed by atoms with E-state index >= 15 is 0 Å². The van der Waals surface area contributed by atoms with E-state index in [4.69, 9.17) is 0 Å². The fraction of sp³-hybridized carbons (Fsp3) is 0.588. The molecule has 1 aromatic carbocycles. The van der Waals surface area contributed by atoms with E-state index < -0.39 is 0 Å². The predicted molar refractivity (Wildman–Crippen MR) is 91.6 cm³/mol. The Morgan fingerprint density at radius 3 is 2.57 bits per heavy atom. The van der Waals surface area contributed by atoms with Gasteiger partial charge in [-0.2, -0.15) is 0 Å². The first kappa shape index (κ1) is 16.4. The van der Waals surface area contributed by atoms with Gasteiger partial charge in [-0.15, -0.1) is 0 Å². The van der Waals surface area contributed by atoms with Crippen LogP contribution in [-0.2, 0) is 0 Å². The number of phenols is 2. The van der Waals surface area contributed by atoms with Crippen molar-refractivity contribution in [1.29, 1.82) is 0 Å². The summed E-state index contributed by atoms with van der Waals surface area (Å²) in [5.41, 5.74) is 0.686. The summed E-state index contributed by atoms with van der Waals surface area (Å²) in [6.07, 6.45) is 7.47. The summed E-state index contributed by atoms with van der Waals surface area (Å²) >= 11 is 3.28. The molecule has 6 heteroatoms. The minimum Gasteiger partial charge on any atom is -0.507 e. The number of nitrogens with zero attached hydrogens (tertiary/aromatic N) is 1. The smallest absolute Gasteiger partial charge is 0.318 e. The highest BCUT2D eigenvalue weighted by Crippen LogP contribution is 2.41. The highest BCUT2D eigenvalue weighted by molar-refractivity contribution is 9.10. The van der Waals surface area contributed by atoms with Gasteiger partial charge in [0.15, 0.2) is 0 Å². The zero-order valence-corrected chi connectivity index (χ0v) is 14.7. The maximum Gasteiger partial charge on any atom is 0.318 e. The average molecular weight is 383 g/mol. The van der Waals surface area contributed by atoms with E-state index in [0.717, 1.165) is 25.7 Å². The van der Waals surface area contributed by atoms with Crippen LogP contribution in [0.5, 0.6) is 11.5 Å². The summed E-state index contributed by atoms with van der Waals surface area (Å²) in [5, 5.41) is 23.0. The van der Waals surface area contributed by atoms with E-state index in [9.17, 15) is 15.0 Å². The number of halogens is 1. The number of likely N-dealkylation sites (tertiary alicyclic amines) is 1. The monoisotopic (exact) mass is 382 g/mol. The summed E-state index contributed by atoms with van der Waals surface area (Å²) in [7, 11) is 0. The van der Waals surface area contributed by atoms with Crippen molar-refractivity contribution in [3.05, 3.63) is 22.2 Å². The summed E-state index contributed by atoms with van der Waals surface area (Å²) in [6, 6.07) is 3.13. The van der Waals surface area contributed by atoms with E-state index in [1.807, 2.05) is 4.90 Å². The molecule has 2 amide bonds. The van der Waals surface area contributed by atoms with Crippen molar-refractivity contribution < 1.29 is 15.0 Å². The van der Waals surface area contributed by atoms with Crippen LogP contribution in [0.25, 0.3) is 0 Å². The van der Waals surface area contributed by atoms with Crippen LogP contribution < -0.4 is 5.32 Å². The Labute approximate surface area is 144 Å². The van der Waals surface area contributed by atoms with Crippen molar-refractivity contribution in [3.63, 3.8) is 0 Å². The molecule has 1 atom stereocenters. The molecule has 0 spiro atoms. The van der Waals surface area contributed by atoms with Crippen molar-refractivity contribution in [2.24, 2.45) is 0 Å². The van der Waals surface area contributed by atoms with Crippen molar-refractivity contribution in [2.75, 3.05) is 6.54 Å². The van der Waals surface area contributed by atoms with Gasteiger partial charge in [-0.3, -0.25) is 0 Å². The van der Waals surface area contributed by atoms with Gasteiger partial charge in [0.05, 0.1) is 10.5 Å². The number of urea groups is 1. The first-order chi connectivity index (χ1) is 11.1. The van der Waals surface area contributed by atoms with Gasteiger partial charge in [-0.1, -0.05) is 19.3 Å². The van der Waals surface area contributed by atoms with Crippen LogP contribution in [0.2, 0.25) is 0 Å². The zero-order valence-electron chi connectivity index (χ0n) is 13.1. The third-order valence-electron chi connectivity index (χ3n) is 4.90. The molecule has 1 unspecified atom stereocenters. The third kappa shape index (κ3) is 3.57. The molecule has 1 saturated carbocycles. The second-order valence-corrected chi connectivity index (χ2v) is 7.35. The Morgan fingerprint density at radius 2 is 1.83 bits per heavy atom. The van der Waals surface area contributed by atoms with Gasteiger partial charge in [-0.05, 0) is 47.7 Å². The minimum absolute atomic E-state index is 0.00227. The normalized spacial score (nSPS) is 22.3. The second kappa shape index (κ2) is 6.99. The summed E-state index contributed by atoms with van der Waals surface area (Å²) in [6.45, 7) is 0.696. The number of benzene rings is 1. The number of rotatable bonds is 2. The maximum absolute atomic E-state index is 12.6. The molecule has 0 radical (unpaired) electrons. The number of hydrogen-bond donors (Lipinski definition) is 3. The number of hydrogen-bond acceptors (Lipinski definition) is 3. The molecular weight excluding hydrogens is 360 g/mol. The molecule has 2 fully saturated rings. The molecular formula is C17H23BrN2O3. The largest absolute Gasteiger partial charge is 0.507 e. The van der Waals surface area contributed by atoms with Gasteiger partial charge in [0.25, 0.3) is 0 Å². The van der Waals surface area contributed by atoms with Crippen LogP contribution in [0, 0.1) is 0 Å². The van der Waals surface area contributed by atoms with Crippen LogP contribution in [0.15, 0.2) is 16.6 Å². The average Bonchev–Trinajstić information content (AvgIpc) is 3.01. The summed E-state index contributed by atoms with van der Waals surface area (Å²) in [4.78, 5) is 14.4. The fourth-order valence-corrected chi connectivity index (χ4v) is 4.03. The number of carbonyl (C=O) groups excluding carboxylic acids is 1. The lowest BCUT2D eigenvalue weighted by molar-refractivity contribution is 0.184. The quantitative estimate of drug-likeness (QED) is 0.722. The molecule has 1 aromatic rings. The van der Waals surface area contributed by atoms with E-state index in [0.29, 0.717) is 16.6 Å². The maximum atomic E-state index is 12.6. The standard InChI is InChI=1S/C17H23BrN2O3/c18-13-9-12(15(21)10-16(13)22)14-7-4-8-20(14)17(23)19-11-5-2-1-3-6-11/h9-11,14,21-22H,1-8H2,(H,19,23). The lowest BCUT2D eigenvalue weighted by Crippen LogP contribution is -2.45. The van der Waals surface area contributed by atoms with Crippen LogP contribution in [-0.4, -0.2) is 33.7 Å². The zero-order chi connectivity index (χ0) is 16.4. The predicted octanol–water partition coefficient (Wildman–Crippen LogP) is 4.04. The summed E-state index contributed by atoms with van der Waals surface area (Å²) in [5.74, 6) is 0.0375. The highest BCUT2D eigenvalue weighted by atomic mass is 79.9. The topological polar surface area (TPSA) is 72.8 Å². The van der Waals surface area contributed by atoms with E-state index in [-0.39, 0.29) is 29.6 Å². The summed E-state index contributed by atoms with van der Waals surface area (Å²) < 4.78 is 0.532. The Morgan fingerprint density at radius 1 is 1.09 bits per heavy atom. The van der Waals surface area contributed by atoms with Gasteiger partial charge < -0.3 is 20.4 Å². The van der Waals surface area contributed by atoms with Crippen LogP contribution in [0.4, 0.5) is 4.79 Å². The van der Waals surface area contributed by atoms with Crippen LogP contribution in [0.1, 0.15) is 56.6 Å². The Kier molecular flexibility index (Phi) is 4.99. The van der Waals surface area contributed by atoms with Gasteiger partial charge in [-0.25, -0.2) is 4.79 Å². The van der Waals surface area contributed by atoms with Gasteiger partial charge in [0, 0.05) is 24.2 Å². The molecule has 3 N–H and O–H groups in total. The Hall–Kier alpha value is -1.43. The number of phenolic OH excluding ortho intramolecular Hbond substituents is 2. The van der Waals surface area contributed by atoms with E-state index in [1.54, 1.807) is 6.07 Å². The van der Waals surface area contributed by atoms with Crippen molar-refractivity contribution in [1.82, 2.24) is 10.2 Å². The molecule has 23 heavy (non-hydrogen) atoms. The number of amides is 2. The fourth-order valence-electron chi connectivity index (χ4n) is 3.67. The number of nitrogens with one attached hydrogen (secondary N) is 1. The van der Waals surface area contributed by atoms with Gasteiger partial charge in [0.1, 0.15) is 11.5 Å². The highest BCUT2D eigenvalue weighted by Gasteiger charge is 2.33. The van der Waals surface area contributed by atoms with Gasteiger partial charge in [0.2, 0.25) is 0 Å². The van der Waals surface area contributed by atoms with Gasteiger partial charge >= 0.3 is 6.03 Å². The minimum atomic E-state index is -0.143. The van der Waals surface area contributed by atoms with Crippen LogP contribution >= 0.6 is 15.9 Å². The van der Waals surface area contributed by atoms with E-state index in [1.165, 1.54) is 25.3 Å². The SMILES string of the molecule is O=C(NC1CCCCC1)N1CCCC1c1cc(Br)c(O)cc1O. The Bertz CT molecular complexity index is 587. The lowest BCUT2D eigenvalue weighted by Gasteiger charge is -2.30. The Balaban J connectivity index is 1.74. The van der Waals surface area contributed by atoms with Crippen molar-refractivity contribution >= 4 is 22.0 Å². The van der Waals surface area contributed by atoms with E-state index in [2.05, 4.69) is 21.2 Å². The molecule has 2 aliphatic rings. The van der Waals surface area contributed by atoms with Crippen molar-refractivity contribution in [2.45, 2.75) is 57.0 Å². The third-order valence-corrected chi connectivity index (χ3v) is 5.54. The first-order valence-corrected chi connectivity index (χ1v) is 9.14. The molecule has 1 heterocycles. The molecule has 1 aliphatic carbocycles. The molecule has 5 nitrogen and oxygen atoms in total. The molecule has 1 aliphatic heterocycles. The molecule has 126 valence electrons. The number of carbonyl (C=O) groups is 1. The van der Waals surface area contributed by atoms with Crippen molar-refractivity contribution in [3.8, 4) is 11.5 Å². The lowest BCUT2D eigenvalue weighted by atomic mass is 9.96. The van der Waals surface area contributed by atoms with Crippen LogP contribution in [0.3, 0.4) is 0 Å². The molecule has 1 saturated heterocycles.